The average molecular weight is 522 g/mol. The molecule has 1 heterocycles. The van der Waals surface area contributed by atoms with Crippen molar-refractivity contribution in [3.8, 4) is 5.75 Å². The molecule has 1 saturated heterocycles. The number of nitrogens with zero attached hydrogens (tertiary/aromatic N) is 2. The predicted octanol–water partition coefficient (Wildman–Crippen LogP) is 3.57. The number of hydrogen-bond donors (Lipinski definition) is 1. The number of ether oxygens (including phenoxy) is 1. The molecule has 1 aliphatic rings. The molecule has 0 radical (unpaired) electrons. The van der Waals surface area contributed by atoms with Gasteiger partial charge in [-0.1, -0.05) is 30.3 Å². The summed E-state index contributed by atoms with van der Waals surface area (Å²) >= 11 is 0. The van der Waals surface area contributed by atoms with Crippen LogP contribution < -0.4 is 15.0 Å². The van der Waals surface area contributed by atoms with Crippen molar-refractivity contribution in [2.75, 3.05) is 16.8 Å². The Morgan fingerprint density at radius 2 is 1.65 bits per heavy atom. The minimum absolute atomic E-state index is 0.0581. The highest BCUT2D eigenvalue weighted by Gasteiger charge is 2.47. The third-order valence-corrected chi connectivity index (χ3v) is 7.71. The van der Waals surface area contributed by atoms with E-state index in [1.165, 1.54) is 31.2 Å². The highest BCUT2D eigenvalue weighted by molar-refractivity contribution is 7.89. The van der Waals surface area contributed by atoms with Crippen molar-refractivity contribution in [1.29, 1.82) is 0 Å². The number of anilines is 2. The zero-order valence-electron chi connectivity index (χ0n) is 20.5. The van der Waals surface area contributed by atoms with Crippen LogP contribution in [-0.4, -0.2) is 43.1 Å². The van der Waals surface area contributed by atoms with Crippen LogP contribution in [0.25, 0.3) is 0 Å². The van der Waals surface area contributed by atoms with Crippen molar-refractivity contribution in [2.45, 2.75) is 37.8 Å². The van der Waals surface area contributed by atoms with E-state index < -0.39 is 27.9 Å². The zero-order valence-corrected chi connectivity index (χ0v) is 21.3. The fraction of sp³-hybridized carbons (Fsp3) is 0.222. The van der Waals surface area contributed by atoms with Gasteiger partial charge in [-0.25, -0.2) is 13.3 Å². The van der Waals surface area contributed by atoms with Gasteiger partial charge in [0, 0.05) is 19.2 Å². The Kier molecular flexibility index (Phi) is 7.70. The molecule has 0 aliphatic carbocycles. The van der Waals surface area contributed by atoms with Crippen LogP contribution in [0, 0.1) is 0 Å². The van der Waals surface area contributed by atoms with Gasteiger partial charge in [0.05, 0.1) is 23.6 Å². The lowest BCUT2D eigenvalue weighted by molar-refractivity contribution is -0.122. The summed E-state index contributed by atoms with van der Waals surface area (Å²) in [5, 5.41) is 2.59. The van der Waals surface area contributed by atoms with Gasteiger partial charge in [-0.2, -0.15) is 4.31 Å². The molecule has 1 aliphatic heterocycles. The summed E-state index contributed by atoms with van der Waals surface area (Å²) in [6.07, 6.45) is -0.290. The molecule has 9 nitrogen and oxygen atoms in total. The van der Waals surface area contributed by atoms with Gasteiger partial charge < -0.3 is 10.1 Å². The second kappa shape index (κ2) is 10.9. The first kappa shape index (κ1) is 26.1. The average Bonchev–Trinajstić information content (AvgIpc) is 3.17. The molecule has 37 heavy (non-hydrogen) atoms. The van der Waals surface area contributed by atoms with E-state index in [0.29, 0.717) is 29.3 Å². The molecule has 0 aromatic heterocycles. The third-order valence-electron chi connectivity index (χ3n) is 5.84. The SMILES string of the molecule is CCOc1ccc(N2C(=O)CC(N(Cc3ccccc3)S(=O)(=O)c3ccc(NC(C)=O)cc3)C2=O)cc1. The summed E-state index contributed by atoms with van der Waals surface area (Å²) < 4.78 is 34.1. The molecule has 10 heteroatoms. The van der Waals surface area contributed by atoms with E-state index in [9.17, 15) is 22.8 Å². The Morgan fingerprint density at radius 3 is 2.24 bits per heavy atom. The van der Waals surface area contributed by atoms with Crippen molar-refractivity contribution in [1.82, 2.24) is 4.31 Å². The van der Waals surface area contributed by atoms with Crippen molar-refractivity contribution in [3.63, 3.8) is 0 Å². The number of carbonyl (C=O) groups is 3. The molecule has 1 unspecified atom stereocenters. The number of hydrogen-bond acceptors (Lipinski definition) is 6. The van der Waals surface area contributed by atoms with E-state index >= 15 is 0 Å². The van der Waals surface area contributed by atoms with E-state index in [-0.39, 0.29) is 23.8 Å². The number of sulfonamides is 1. The molecule has 1 atom stereocenters. The summed E-state index contributed by atoms with van der Waals surface area (Å²) in [5.41, 5.74) is 1.45. The maximum atomic E-state index is 13.8. The van der Waals surface area contributed by atoms with Crippen LogP contribution in [0.4, 0.5) is 11.4 Å². The number of benzene rings is 3. The van der Waals surface area contributed by atoms with E-state index in [1.807, 2.05) is 6.92 Å². The van der Waals surface area contributed by atoms with Gasteiger partial charge in [0.1, 0.15) is 11.8 Å². The largest absolute Gasteiger partial charge is 0.494 e. The van der Waals surface area contributed by atoms with Gasteiger partial charge in [0.2, 0.25) is 21.8 Å². The monoisotopic (exact) mass is 521 g/mol. The highest BCUT2D eigenvalue weighted by Crippen LogP contribution is 2.31. The lowest BCUT2D eigenvalue weighted by Gasteiger charge is -2.27. The number of imide groups is 1. The van der Waals surface area contributed by atoms with Gasteiger partial charge in [-0.3, -0.25) is 14.4 Å². The molecule has 3 amide bonds. The second-order valence-corrected chi connectivity index (χ2v) is 10.3. The lowest BCUT2D eigenvalue weighted by atomic mass is 10.2. The molecule has 192 valence electrons. The molecule has 3 aromatic carbocycles. The van der Waals surface area contributed by atoms with Crippen LogP contribution in [0.15, 0.2) is 83.8 Å². The second-order valence-electron chi connectivity index (χ2n) is 8.46. The van der Waals surface area contributed by atoms with E-state index in [1.54, 1.807) is 54.6 Å². The number of carbonyl (C=O) groups excluding carboxylic acids is 3. The van der Waals surface area contributed by atoms with Crippen LogP contribution >= 0.6 is 0 Å². The Bertz CT molecular complexity index is 1390. The molecule has 0 bridgehead atoms. The molecule has 1 N–H and O–H groups in total. The lowest BCUT2D eigenvalue weighted by Crippen LogP contribution is -2.45. The van der Waals surface area contributed by atoms with Crippen LogP contribution in [0.5, 0.6) is 5.75 Å². The normalized spacial score (nSPS) is 15.8. The summed E-state index contributed by atoms with van der Waals surface area (Å²) in [5.74, 6) is -0.805. The molecule has 4 rings (SSSR count). The predicted molar refractivity (Wildman–Crippen MR) is 138 cm³/mol. The Labute approximate surface area is 215 Å². The fourth-order valence-corrected chi connectivity index (χ4v) is 5.71. The fourth-order valence-electron chi connectivity index (χ4n) is 4.15. The van der Waals surface area contributed by atoms with Gasteiger partial charge >= 0.3 is 0 Å². The van der Waals surface area contributed by atoms with Crippen LogP contribution in [0.1, 0.15) is 25.8 Å². The van der Waals surface area contributed by atoms with Crippen molar-refractivity contribution in [2.24, 2.45) is 0 Å². The minimum Gasteiger partial charge on any atom is -0.494 e. The van der Waals surface area contributed by atoms with Crippen molar-refractivity contribution < 1.29 is 27.5 Å². The zero-order chi connectivity index (χ0) is 26.6. The van der Waals surface area contributed by atoms with Crippen molar-refractivity contribution in [3.05, 3.63) is 84.4 Å². The maximum Gasteiger partial charge on any atom is 0.252 e. The first-order valence-electron chi connectivity index (χ1n) is 11.7. The van der Waals surface area contributed by atoms with Gasteiger partial charge in [0.25, 0.3) is 5.91 Å². The standard InChI is InChI=1S/C27H27N3O6S/c1-3-36-23-13-11-22(12-14-23)30-26(32)17-25(27(30)33)29(18-20-7-5-4-6-8-20)37(34,35)24-15-9-21(10-16-24)28-19(2)31/h4-16,25H,3,17-18H2,1-2H3,(H,28,31). The van der Waals surface area contributed by atoms with E-state index in [4.69, 9.17) is 4.74 Å². The molecule has 0 saturated carbocycles. The van der Waals surface area contributed by atoms with Gasteiger partial charge in [-0.15, -0.1) is 0 Å². The Morgan fingerprint density at radius 1 is 1.00 bits per heavy atom. The number of amides is 3. The third kappa shape index (κ3) is 5.71. The summed E-state index contributed by atoms with van der Waals surface area (Å²) in [7, 11) is -4.20. The van der Waals surface area contributed by atoms with Crippen LogP contribution in [-0.2, 0) is 31.0 Å². The Balaban J connectivity index is 1.68. The Hall–Kier alpha value is -4.02. The molecule has 0 spiro atoms. The summed E-state index contributed by atoms with van der Waals surface area (Å²) in [4.78, 5) is 38.8. The number of nitrogens with one attached hydrogen (secondary N) is 1. The van der Waals surface area contributed by atoms with Gasteiger partial charge in [0.15, 0.2) is 0 Å². The summed E-state index contributed by atoms with van der Waals surface area (Å²) in [6, 6.07) is 19.8. The van der Waals surface area contributed by atoms with Crippen LogP contribution in [0.3, 0.4) is 0 Å². The number of rotatable bonds is 9. The van der Waals surface area contributed by atoms with E-state index in [2.05, 4.69) is 5.32 Å². The quantitative estimate of drug-likeness (QED) is 0.431. The first-order valence-corrected chi connectivity index (χ1v) is 13.2. The molecule has 3 aromatic rings. The van der Waals surface area contributed by atoms with Gasteiger partial charge in [-0.05, 0) is 61.0 Å². The molecular weight excluding hydrogens is 494 g/mol. The molecule has 1 fully saturated rings. The van der Waals surface area contributed by atoms with Crippen molar-refractivity contribution >= 4 is 39.1 Å². The first-order chi connectivity index (χ1) is 17.7. The smallest absolute Gasteiger partial charge is 0.252 e. The highest BCUT2D eigenvalue weighted by atomic mass is 32.2. The van der Waals surface area contributed by atoms with E-state index in [0.717, 1.165) is 9.21 Å². The topological polar surface area (TPSA) is 113 Å². The van der Waals surface area contributed by atoms with Crippen LogP contribution in [0.2, 0.25) is 0 Å². The summed E-state index contributed by atoms with van der Waals surface area (Å²) in [6.45, 7) is 3.57. The molecular formula is C27H27N3O6S. The maximum absolute atomic E-state index is 13.8. The minimum atomic E-state index is -4.20.